The highest BCUT2D eigenvalue weighted by atomic mass is 79.9. The molecule has 0 saturated carbocycles. The summed E-state index contributed by atoms with van der Waals surface area (Å²) in [5, 5.41) is 11.6. The SMILES string of the molecule is CCC(C)NC(=O)CS(=O)(=O)c1cc(Br)ccc1C(=O)O. The minimum atomic E-state index is -4.03. The summed E-state index contributed by atoms with van der Waals surface area (Å²) >= 11 is 3.10. The van der Waals surface area contributed by atoms with Crippen molar-refractivity contribution >= 4 is 37.6 Å². The molecule has 0 fully saturated rings. The van der Waals surface area contributed by atoms with E-state index in [9.17, 15) is 18.0 Å². The summed E-state index contributed by atoms with van der Waals surface area (Å²) in [5.41, 5.74) is -0.352. The Bertz CT molecular complexity index is 657. The number of carbonyl (C=O) groups excluding carboxylic acids is 1. The molecule has 0 bridgehead atoms. The topological polar surface area (TPSA) is 101 Å². The predicted octanol–water partition coefficient (Wildman–Crippen LogP) is 1.84. The second-order valence-electron chi connectivity index (χ2n) is 4.58. The van der Waals surface area contributed by atoms with E-state index in [0.29, 0.717) is 10.9 Å². The molecular formula is C13H16BrNO5S. The highest BCUT2D eigenvalue weighted by Crippen LogP contribution is 2.22. The van der Waals surface area contributed by atoms with E-state index in [-0.39, 0.29) is 16.5 Å². The molecule has 116 valence electrons. The fourth-order valence-corrected chi connectivity index (χ4v) is 3.49. The molecule has 0 aliphatic heterocycles. The van der Waals surface area contributed by atoms with E-state index < -0.39 is 27.5 Å². The average Bonchev–Trinajstić information content (AvgIpc) is 2.37. The third-order valence-corrected chi connectivity index (χ3v) is 4.99. The Hall–Kier alpha value is -1.41. The minimum Gasteiger partial charge on any atom is -0.478 e. The number of hydrogen-bond donors (Lipinski definition) is 2. The van der Waals surface area contributed by atoms with Crippen LogP contribution in [0.4, 0.5) is 0 Å². The quantitative estimate of drug-likeness (QED) is 0.787. The van der Waals surface area contributed by atoms with Gasteiger partial charge in [0, 0.05) is 10.5 Å². The van der Waals surface area contributed by atoms with Crippen LogP contribution in [0.1, 0.15) is 30.6 Å². The number of benzene rings is 1. The Morgan fingerprint density at radius 1 is 1.38 bits per heavy atom. The molecule has 1 rings (SSSR count). The lowest BCUT2D eigenvalue weighted by Crippen LogP contribution is -2.36. The zero-order chi connectivity index (χ0) is 16.2. The first-order valence-corrected chi connectivity index (χ1v) is 8.67. The third kappa shape index (κ3) is 4.82. The monoisotopic (exact) mass is 377 g/mol. The van der Waals surface area contributed by atoms with E-state index in [1.165, 1.54) is 18.2 Å². The van der Waals surface area contributed by atoms with Crippen molar-refractivity contribution < 1.29 is 23.1 Å². The molecule has 8 heteroatoms. The zero-order valence-electron chi connectivity index (χ0n) is 11.6. The number of halogens is 1. The summed E-state index contributed by atoms with van der Waals surface area (Å²) < 4.78 is 24.9. The van der Waals surface area contributed by atoms with Gasteiger partial charge in [-0.05, 0) is 31.5 Å². The van der Waals surface area contributed by atoms with Crippen molar-refractivity contribution in [1.29, 1.82) is 0 Å². The summed E-state index contributed by atoms with van der Waals surface area (Å²) in [5.74, 6) is -2.79. The molecule has 6 nitrogen and oxygen atoms in total. The van der Waals surface area contributed by atoms with Crippen LogP contribution in [0.15, 0.2) is 27.6 Å². The number of aromatic carboxylic acids is 1. The molecular weight excluding hydrogens is 362 g/mol. The van der Waals surface area contributed by atoms with Crippen molar-refractivity contribution in [1.82, 2.24) is 5.32 Å². The van der Waals surface area contributed by atoms with Crippen LogP contribution in [0, 0.1) is 0 Å². The number of carbonyl (C=O) groups is 2. The summed E-state index contributed by atoms with van der Waals surface area (Å²) in [7, 11) is -4.03. The molecule has 0 spiro atoms. The average molecular weight is 378 g/mol. The molecule has 1 aromatic carbocycles. The van der Waals surface area contributed by atoms with Gasteiger partial charge in [0.05, 0.1) is 10.5 Å². The lowest BCUT2D eigenvalue weighted by atomic mass is 10.2. The van der Waals surface area contributed by atoms with Crippen LogP contribution in [0.25, 0.3) is 0 Å². The van der Waals surface area contributed by atoms with E-state index in [4.69, 9.17) is 5.11 Å². The number of hydrogen-bond acceptors (Lipinski definition) is 4. The zero-order valence-corrected chi connectivity index (χ0v) is 14.0. The molecule has 1 unspecified atom stereocenters. The molecule has 1 amide bonds. The van der Waals surface area contributed by atoms with Gasteiger partial charge in [-0.25, -0.2) is 13.2 Å². The Labute approximate surface area is 131 Å². The van der Waals surface area contributed by atoms with Crippen molar-refractivity contribution in [2.75, 3.05) is 5.75 Å². The van der Waals surface area contributed by atoms with Crippen LogP contribution < -0.4 is 5.32 Å². The maximum Gasteiger partial charge on any atom is 0.337 e. The fourth-order valence-electron chi connectivity index (χ4n) is 1.60. The molecule has 2 N–H and O–H groups in total. The van der Waals surface area contributed by atoms with Crippen LogP contribution >= 0.6 is 15.9 Å². The molecule has 0 aromatic heterocycles. The number of amides is 1. The van der Waals surface area contributed by atoms with Gasteiger partial charge in [0.1, 0.15) is 5.75 Å². The standard InChI is InChI=1S/C13H16BrNO5S/c1-3-8(2)15-12(16)7-21(19,20)11-6-9(14)4-5-10(11)13(17)18/h4-6,8H,3,7H2,1-2H3,(H,15,16)(H,17,18). The lowest BCUT2D eigenvalue weighted by molar-refractivity contribution is -0.119. The summed E-state index contributed by atoms with van der Waals surface area (Å²) in [4.78, 5) is 22.5. The van der Waals surface area contributed by atoms with Gasteiger partial charge in [0.15, 0.2) is 9.84 Å². The normalized spacial score (nSPS) is 12.7. The summed E-state index contributed by atoms with van der Waals surface area (Å²) in [6.45, 7) is 3.61. The first-order chi connectivity index (χ1) is 9.67. The van der Waals surface area contributed by atoms with Crippen molar-refractivity contribution in [2.45, 2.75) is 31.2 Å². The molecule has 21 heavy (non-hydrogen) atoms. The van der Waals surface area contributed by atoms with Gasteiger partial charge in [-0.3, -0.25) is 4.79 Å². The predicted molar refractivity (Wildman–Crippen MR) is 81.0 cm³/mol. The minimum absolute atomic E-state index is 0.144. The van der Waals surface area contributed by atoms with Crippen molar-refractivity contribution in [3.05, 3.63) is 28.2 Å². The molecule has 0 aliphatic carbocycles. The Morgan fingerprint density at radius 3 is 2.52 bits per heavy atom. The first kappa shape index (κ1) is 17.6. The van der Waals surface area contributed by atoms with Gasteiger partial charge in [-0.15, -0.1) is 0 Å². The highest BCUT2D eigenvalue weighted by Gasteiger charge is 2.25. The van der Waals surface area contributed by atoms with Gasteiger partial charge in [-0.2, -0.15) is 0 Å². The second kappa shape index (κ2) is 7.04. The van der Waals surface area contributed by atoms with Gasteiger partial charge in [0.2, 0.25) is 5.91 Å². The third-order valence-electron chi connectivity index (χ3n) is 2.85. The maximum atomic E-state index is 12.2. The van der Waals surface area contributed by atoms with Gasteiger partial charge < -0.3 is 10.4 Å². The molecule has 0 aliphatic rings. The lowest BCUT2D eigenvalue weighted by Gasteiger charge is -2.12. The van der Waals surface area contributed by atoms with E-state index >= 15 is 0 Å². The van der Waals surface area contributed by atoms with Gasteiger partial charge in [0.25, 0.3) is 0 Å². The number of carboxylic acid groups (broad SMARTS) is 1. The maximum absolute atomic E-state index is 12.2. The van der Waals surface area contributed by atoms with Crippen LogP contribution in [0.3, 0.4) is 0 Å². The van der Waals surface area contributed by atoms with Crippen LogP contribution in [-0.2, 0) is 14.6 Å². The number of rotatable bonds is 6. The smallest absolute Gasteiger partial charge is 0.337 e. The van der Waals surface area contributed by atoms with E-state index in [2.05, 4.69) is 21.2 Å². The highest BCUT2D eigenvalue weighted by molar-refractivity contribution is 9.10. The first-order valence-electron chi connectivity index (χ1n) is 6.22. The van der Waals surface area contributed by atoms with E-state index in [1.54, 1.807) is 6.92 Å². The van der Waals surface area contributed by atoms with Crippen LogP contribution in [0.5, 0.6) is 0 Å². The summed E-state index contributed by atoms with van der Waals surface area (Å²) in [6.07, 6.45) is 0.670. The Balaban J connectivity index is 3.11. The largest absolute Gasteiger partial charge is 0.478 e. The second-order valence-corrected chi connectivity index (χ2v) is 7.46. The Morgan fingerprint density at radius 2 is 2.00 bits per heavy atom. The van der Waals surface area contributed by atoms with Crippen molar-refractivity contribution in [3.8, 4) is 0 Å². The van der Waals surface area contributed by atoms with Crippen molar-refractivity contribution in [3.63, 3.8) is 0 Å². The summed E-state index contributed by atoms with van der Waals surface area (Å²) in [6, 6.07) is 3.66. The van der Waals surface area contributed by atoms with Gasteiger partial charge >= 0.3 is 5.97 Å². The number of nitrogens with one attached hydrogen (secondary N) is 1. The molecule has 0 heterocycles. The van der Waals surface area contributed by atoms with Crippen molar-refractivity contribution in [2.24, 2.45) is 0 Å². The van der Waals surface area contributed by atoms with Crippen LogP contribution in [0.2, 0.25) is 0 Å². The number of sulfone groups is 1. The number of carboxylic acids is 1. The molecule has 0 radical (unpaired) electrons. The molecule has 0 saturated heterocycles. The van der Waals surface area contributed by atoms with Crippen LogP contribution in [-0.4, -0.2) is 37.2 Å². The molecule has 1 atom stereocenters. The van der Waals surface area contributed by atoms with E-state index in [1.807, 2.05) is 6.92 Å². The van der Waals surface area contributed by atoms with E-state index in [0.717, 1.165) is 0 Å². The Kier molecular flexibility index (Phi) is 5.91. The fraction of sp³-hybridized carbons (Fsp3) is 0.385. The van der Waals surface area contributed by atoms with Gasteiger partial charge in [-0.1, -0.05) is 22.9 Å². The molecule has 1 aromatic rings.